The molecular formula is C25H25N3O3S. The third kappa shape index (κ3) is 4.99. The van der Waals surface area contributed by atoms with E-state index in [2.05, 4.69) is 17.4 Å². The molecule has 1 N–H and O–H groups in total. The first kappa shape index (κ1) is 23.1. The normalized spacial score (nSPS) is 12.2. The van der Waals surface area contributed by atoms with Gasteiger partial charge in [-0.05, 0) is 41.0 Å². The van der Waals surface area contributed by atoms with Gasteiger partial charge < -0.3 is 9.30 Å². The lowest BCUT2D eigenvalue weighted by Crippen LogP contribution is -2.09. The number of anilines is 1. The van der Waals surface area contributed by atoms with Crippen molar-refractivity contribution in [3.63, 3.8) is 0 Å². The molecule has 0 amide bonds. The maximum absolute atomic E-state index is 11.5. The summed E-state index contributed by atoms with van der Waals surface area (Å²) in [6.07, 6.45) is 8.61. The molecule has 0 saturated heterocycles. The summed E-state index contributed by atoms with van der Waals surface area (Å²) in [5.74, 6) is 0. The predicted octanol–water partition coefficient (Wildman–Crippen LogP) is 4.86. The van der Waals surface area contributed by atoms with Crippen LogP contribution in [0.1, 0.15) is 11.1 Å². The number of aryl methyl sites for hydroxylation is 1. The lowest BCUT2D eigenvalue weighted by atomic mass is 10.0. The van der Waals surface area contributed by atoms with Crippen molar-refractivity contribution in [1.29, 1.82) is 5.26 Å². The number of fused-ring (bicyclic) bond motifs is 1. The van der Waals surface area contributed by atoms with Crippen LogP contribution in [0.2, 0.25) is 0 Å². The molecule has 1 heterocycles. The number of rotatable bonds is 8. The van der Waals surface area contributed by atoms with Crippen molar-refractivity contribution in [2.24, 2.45) is 7.05 Å². The van der Waals surface area contributed by atoms with Crippen LogP contribution in [0.25, 0.3) is 27.7 Å². The Bertz CT molecular complexity index is 1360. The van der Waals surface area contributed by atoms with E-state index in [0.29, 0.717) is 17.9 Å². The van der Waals surface area contributed by atoms with E-state index < -0.39 is 10.0 Å². The van der Waals surface area contributed by atoms with Gasteiger partial charge in [-0.25, -0.2) is 8.42 Å². The smallest absolute Gasteiger partial charge is 0.229 e. The predicted molar refractivity (Wildman–Crippen MR) is 131 cm³/mol. The molecule has 0 aliphatic rings. The maximum Gasteiger partial charge on any atom is 0.229 e. The van der Waals surface area contributed by atoms with Crippen LogP contribution >= 0.6 is 0 Å². The lowest BCUT2D eigenvalue weighted by Gasteiger charge is -2.08. The molecule has 1 aromatic heterocycles. The van der Waals surface area contributed by atoms with E-state index in [-0.39, 0.29) is 0 Å². The molecular weight excluding hydrogens is 422 g/mol. The maximum atomic E-state index is 11.5. The van der Waals surface area contributed by atoms with E-state index in [1.807, 2.05) is 48.0 Å². The van der Waals surface area contributed by atoms with Gasteiger partial charge in [-0.2, -0.15) is 5.26 Å². The van der Waals surface area contributed by atoms with Crippen molar-refractivity contribution in [3.05, 3.63) is 84.5 Å². The van der Waals surface area contributed by atoms with Gasteiger partial charge in [-0.1, -0.05) is 49.1 Å². The molecule has 3 rings (SSSR count). The third-order valence-corrected chi connectivity index (χ3v) is 5.59. The second-order valence-corrected chi connectivity index (χ2v) is 9.04. The first-order valence-corrected chi connectivity index (χ1v) is 11.8. The Morgan fingerprint density at radius 1 is 1.25 bits per heavy atom. The molecule has 2 aromatic carbocycles. The highest BCUT2D eigenvalue weighted by Gasteiger charge is 2.17. The standard InChI is InChI=1S/C25H25N3O3S/c1-5-6-7-18(14-15-31-3)20-10-13-24-22(16-20)23(17-26)25(28(24)2)19-8-11-21(12-9-19)27-32(4,29)30/h5-14,16,27H,1,15H2,2-4H3/b7-6-,18-14+. The molecule has 0 atom stereocenters. The van der Waals surface area contributed by atoms with E-state index >= 15 is 0 Å². The van der Waals surface area contributed by atoms with Crippen LogP contribution in [0.4, 0.5) is 5.69 Å². The van der Waals surface area contributed by atoms with Gasteiger partial charge in [0.05, 0.1) is 24.1 Å². The minimum absolute atomic E-state index is 0.466. The second kappa shape index (κ2) is 9.69. The zero-order valence-electron chi connectivity index (χ0n) is 18.3. The summed E-state index contributed by atoms with van der Waals surface area (Å²) in [5, 5.41) is 10.8. The van der Waals surface area contributed by atoms with Crippen LogP contribution in [-0.2, 0) is 21.8 Å². The molecule has 164 valence electrons. The van der Waals surface area contributed by atoms with Crippen LogP contribution < -0.4 is 4.72 Å². The number of hydrogen-bond donors (Lipinski definition) is 1. The summed E-state index contributed by atoms with van der Waals surface area (Å²) < 4.78 is 32.6. The molecule has 6 nitrogen and oxygen atoms in total. The number of aromatic nitrogens is 1. The van der Waals surface area contributed by atoms with E-state index in [1.54, 1.807) is 37.5 Å². The van der Waals surface area contributed by atoms with Gasteiger partial charge in [0.1, 0.15) is 6.07 Å². The number of ether oxygens (including phenoxy) is 1. The molecule has 7 heteroatoms. The van der Waals surface area contributed by atoms with Crippen LogP contribution in [0.3, 0.4) is 0 Å². The largest absolute Gasteiger partial charge is 0.381 e. The highest BCUT2D eigenvalue weighted by atomic mass is 32.2. The van der Waals surface area contributed by atoms with Crippen LogP contribution in [0.15, 0.2) is 73.3 Å². The molecule has 0 aliphatic heterocycles. The van der Waals surface area contributed by atoms with Crippen molar-refractivity contribution in [3.8, 4) is 17.3 Å². The molecule has 0 radical (unpaired) electrons. The fourth-order valence-corrected chi connectivity index (χ4v) is 4.18. The van der Waals surface area contributed by atoms with Crippen molar-refractivity contribution in [2.75, 3.05) is 24.7 Å². The van der Waals surface area contributed by atoms with Crippen LogP contribution in [0, 0.1) is 11.3 Å². The fraction of sp³-hybridized carbons (Fsp3) is 0.160. The van der Waals surface area contributed by atoms with Gasteiger partial charge in [0.2, 0.25) is 10.0 Å². The molecule has 0 spiro atoms. The molecule has 0 saturated carbocycles. The van der Waals surface area contributed by atoms with Gasteiger partial charge in [0, 0.05) is 30.7 Å². The number of hydrogen-bond acceptors (Lipinski definition) is 4. The first-order chi connectivity index (χ1) is 15.3. The van der Waals surface area contributed by atoms with Gasteiger partial charge in [0.15, 0.2) is 0 Å². The lowest BCUT2D eigenvalue weighted by molar-refractivity contribution is 0.234. The quantitative estimate of drug-likeness (QED) is 0.500. The Morgan fingerprint density at radius 2 is 1.97 bits per heavy atom. The van der Waals surface area contributed by atoms with Crippen LogP contribution in [-0.4, -0.2) is 33.0 Å². The molecule has 0 unspecified atom stereocenters. The highest BCUT2D eigenvalue weighted by molar-refractivity contribution is 7.92. The van der Waals surface area contributed by atoms with Crippen molar-refractivity contribution >= 4 is 32.2 Å². The number of benzene rings is 2. The SMILES string of the molecule is C=C/C=C\C(=C/COC)c1ccc2c(c1)c(C#N)c(-c1ccc(NS(C)(=O)=O)cc1)n2C. The average molecular weight is 448 g/mol. The minimum Gasteiger partial charge on any atom is -0.381 e. The van der Waals surface area contributed by atoms with Gasteiger partial charge in [0.25, 0.3) is 0 Å². The number of nitriles is 1. The molecule has 0 bridgehead atoms. The van der Waals surface area contributed by atoms with Crippen LogP contribution in [0.5, 0.6) is 0 Å². The summed E-state index contributed by atoms with van der Waals surface area (Å²) in [5.41, 5.74) is 5.49. The first-order valence-electron chi connectivity index (χ1n) is 9.88. The van der Waals surface area contributed by atoms with Gasteiger partial charge in [-0.15, -0.1) is 0 Å². The van der Waals surface area contributed by atoms with E-state index in [9.17, 15) is 13.7 Å². The monoisotopic (exact) mass is 447 g/mol. The second-order valence-electron chi connectivity index (χ2n) is 7.29. The molecule has 3 aromatic rings. The number of nitrogens with one attached hydrogen (secondary N) is 1. The summed E-state index contributed by atoms with van der Waals surface area (Å²) in [6, 6.07) is 15.4. The minimum atomic E-state index is -3.36. The average Bonchev–Trinajstić information content (AvgIpc) is 3.04. The van der Waals surface area contributed by atoms with E-state index in [0.717, 1.165) is 39.6 Å². The van der Waals surface area contributed by atoms with Crippen molar-refractivity contribution in [2.45, 2.75) is 0 Å². The Labute approximate surface area is 188 Å². The van der Waals surface area contributed by atoms with Crippen molar-refractivity contribution in [1.82, 2.24) is 4.57 Å². The molecule has 0 aliphatic carbocycles. The molecule has 0 fully saturated rings. The number of allylic oxidation sites excluding steroid dienone is 4. The summed E-state index contributed by atoms with van der Waals surface area (Å²) in [6.45, 7) is 4.19. The highest BCUT2D eigenvalue weighted by Crippen LogP contribution is 2.35. The Kier molecular flexibility index (Phi) is 6.98. The van der Waals surface area contributed by atoms with Crippen molar-refractivity contribution < 1.29 is 13.2 Å². The summed E-state index contributed by atoms with van der Waals surface area (Å²) in [7, 11) is 0.202. The zero-order valence-corrected chi connectivity index (χ0v) is 19.1. The summed E-state index contributed by atoms with van der Waals surface area (Å²) >= 11 is 0. The number of methoxy groups -OCH3 is 1. The van der Waals surface area contributed by atoms with Gasteiger partial charge >= 0.3 is 0 Å². The zero-order chi connectivity index (χ0) is 23.3. The topological polar surface area (TPSA) is 84.1 Å². The number of sulfonamides is 1. The van der Waals surface area contributed by atoms with Gasteiger partial charge in [-0.3, -0.25) is 4.72 Å². The summed E-state index contributed by atoms with van der Waals surface area (Å²) in [4.78, 5) is 0. The third-order valence-electron chi connectivity index (χ3n) is 4.99. The van der Waals surface area contributed by atoms with E-state index in [1.165, 1.54) is 0 Å². The Morgan fingerprint density at radius 3 is 2.56 bits per heavy atom. The number of nitrogens with zero attached hydrogens (tertiary/aromatic N) is 2. The molecule has 32 heavy (non-hydrogen) atoms. The Balaban J connectivity index is 2.14. The Hall–Kier alpha value is -3.60. The fourth-order valence-electron chi connectivity index (χ4n) is 3.61. The van der Waals surface area contributed by atoms with E-state index in [4.69, 9.17) is 4.74 Å².